The minimum Gasteiger partial charge on any atom is -0.389 e. The number of benzene rings is 2. The fraction of sp³-hybridized carbons (Fsp3) is 0.350. The van der Waals surface area contributed by atoms with Crippen molar-refractivity contribution in [3.05, 3.63) is 64.7 Å². The average molecular weight is 357 g/mol. The van der Waals surface area contributed by atoms with E-state index < -0.39 is 6.10 Å². The zero-order chi connectivity index (χ0) is 18.7. The fourth-order valence-corrected chi connectivity index (χ4v) is 3.19. The summed E-state index contributed by atoms with van der Waals surface area (Å²) in [6.45, 7) is 4.64. The van der Waals surface area contributed by atoms with Crippen LogP contribution in [0.25, 0.3) is 0 Å². The second-order valence-electron chi connectivity index (χ2n) is 6.57. The molecule has 6 heteroatoms. The minimum absolute atomic E-state index is 0.314. The molecule has 2 aromatic rings. The molecule has 0 aliphatic carbocycles. The number of rotatable bonds is 4. The first-order chi connectivity index (χ1) is 12.5. The summed E-state index contributed by atoms with van der Waals surface area (Å²) in [5, 5.41) is 18.5. The summed E-state index contributed by atoms with van der Waals surface area (Å²) in [6.07, 6.45) is -0.700. The number of aliphatic hydroxyl groups excluding tert-OH is 1. The van der Waals surface area contributed by atoms with Crippen molar-refractivity contribution in [2.75, 3.05) is 31.1 Å². The van der Waals surface area contributed by atoms with E-state index in [-0.39, 0.29) is 11.6 Å². The standard InChI is InChI=1S/C20H21F2N3O/c1-14(26)16-3-5-20(19(22)11-16)25-8-6-24(7-9-25)13-17-10-15(12-23)2-4-18(17)21/h2-5,10-11,14,26H,6-9,13H2,1H3. The van der Waals surface area contributed by atoms with Crippen LogP contribution in [-0.4, -0.2) is 36.2 Å². The van der Waals surface area contributed by atoms with E-state index in [9.17, 15) is 13.9 Å². The van der Waals surface area contributed by atoms with E-state index in [1.165, 1.54) is 18.2 Å². The molecule has 2 aromatic carbocycles. The highest BCUT2D eigenvalue weighted by Gasteiger charge is 2.21. The number of aliphatic hydroxyl groups is 1. The van der Waals surface area contributed by atoms with Crippen LogP contribution in [0, 0.1) is 23.0 Å². The zero-order valence-electron chi connectivity index (χ0n) is 14.6. The topological polar surface area (TPSA) is 50.5 Å². The van der Waals surface area contributed by atoms with Gasteiger partial charge in [0.25, 0.3) is 0 Å². The van der Waals surface area contributed by atoms with Crippen molar-refractivity contribution in [2.24, 2.45) is 0 Å². The molecule has 3 rings (SSSR count). The van der Waals surface area contributed by atoms with E-state index in [2.05, 4.69) is 4.90 Å². The van der Waals surface area contributed by atoms with Gasteiger partial charge in [-0.15, -0.1) is 0 Å². The lowest BCUT2D eigenvalue weighted by Gasteiger charge is -2.36. The molecule has 1 N–H and O–H groups in total. The minimum atomic E-state index is -0.700. The van der Waals surface area contributed by atoms with Crippen LogP contribution in [0.4, 0.5) is 14.5 Å². The van der Waals surface area contributed by atoms with Crippen LogP contribution in [0.1, 0.15) is 29.7 Å². The number of nitrogens with zero attached hydrogens (tertiary/aromatic N) is 3. The summed E-state index contributed by atoms with van der Waals surface area (Å²) in [5.74, 6) is -0.657. The second-order valence-corrected chi connectivity index (χ2v) is 6.57. The Morgan fingerprint density at radius 3 is 2.42 bits per heavy atom. The largest absolute Gasteiger partial charge is 0.389 e. The first-order valence-corrected chi connectivity index (χ1v) is 8.61. The van der Waals surface area contributed by atoms with Crippen LogP contribution >= 0.6 is 0 Å². The third kappa shape index (κ3) is 4.01. The van der Waals surface area contributed by atoms with Crippen LogP contribution in [-0.2, 0) is 6.54 Å². The van der Waals surface area contributed by atoms with Gasteiger partial charge in [0.1, 0.15) is 11.6 Å². The number of nitriles is 1. The van der Waals surface area contributed by atoms with Gasteiger partial charge in [-0.2, -0.15) is 5.26 Å². The monoisotopic (exact) mass is 357 g/mol. The predicted octanol–water partition coefficient (Wildman–Crippen LogP) is 3.21. The highest BCUT2D eigenvalue weighted by atomic mass is 19.1. The lowest BCUT2D eigenvalue weighted by atomic mass is 10.1. The van der Waals surface area contributed by atoms with Gasteiger partial charge in [-0.1, -0.05) is 6.07 Å². The molecule has 0 radical (unpaired) electrons. The number of halogens is 2. The predicted molar refractivity (Wildman–Crippen MR) is 95.6 cm³/mol. The van der Waals surface area contributed by atoms with E-state index in [1.807, 2.05) is 11.0 Å². The van der Waals surface area contributed by atoms with Crippen molar-refractivity contribution in [1.82, 2.24) is 4.90 Å². The summed E-state index contributed by atoms with van der Waals surface area (Å²) in [7, 11) is 0. The highest BCUT2D eigenvalue weighted by molar-refractivity contribution is 5.50. The van der Waals surface area contributed by atoms with Crippen molar-refractivity contribution in [1.29, 1.82) is 5.26 Å². The van der Waals surface area contributed by atoms with Gasteiger partial charge in [0.15, 0.2) is 0 Å². The number of piperazine rings is 1. The normalized spacial score (nSPS) is 16.3. The second kappa shape index (κ2) is 7.81. The third-order valence-corrected chi connectivity index (χ3v) is 4.74. The molecule has 0 spiro atoms. The van der Waals surface area contributed by atoms with Gasteiger partial charge in [-0.3, -0.25) is 4.90 Å². The smallest absolute Gasteiger partial charge is 0.146 e. The Morgan fingerprint density at radius 1 is 1.08 bits per heavy atom. The number of hydrogen-bond acceptors (Lipinski definition) is 4. The van der Waals surface area contributed by atoms with Crippen LogP contribution in [0.15, 0.2) is 36.4 Å². The lowest BCUT2D eigenvalue weighted by Crippen LogP contribution is -2.46. The van der Waals surface area contributed by atoms with Gasteiger partial charge in [-0.25, -0.2) is 8.78 Å². The molecule has 1 aliphatic heterocycles. The van der Waals surface area contributed by atoms with Crippen molar-refractivity contribution >= 4 is 5.69 Å². The maximum atomic E-state index is 14.3. The van der Waals surface area contributed by atoms with Crippen molar-refractivity contribution in [3.63, 3.8) is 0 Å². The number of hydrogen-bond donors (Lipinski definition) is 1. The fourth-order valence-electron chi connectivity index (χ4n) is 3.19. The van der Waals surface area contributed by atoms with E-state index in [1.54, 1.807) is 25.1 Å². The molecule has 26 heavy (non-hydrogen) atoms. The Balaban J connectivity index is 1.64. The summed E-state index contributed by atoms with van der Waals surface area (Å²) < 4.78 is 28.3. The van der Waals surface area contributed by atoms with E-state index >= 15 is 0 Å². The Kier molecular flexibility index (Phi) is 5.50. The van der Waals surface area contributed by atoms with E-state index in [0.717, 1.165) is 0 Å². The molecular weight excluding hydrogens is 336 g/mol. The van der Waals surface area contributed by atoms with Gasteiger partial charge in [0.05, 0.1) is 23.4 Å². The average Bonchev–Trinajstić information content (AvgIpc) is 2.64. The van der Waals surface area contributed by atoms with Gasteiger partial charge in [-0.05, 0) is 42.8 Å². The van der Waals surface area contributed by atoms with Gasteiger partial charge >= 0.3 is 0 Å². The summed E-state index contributed by atoms with van der Waals surface area (Å²) in [4.78, 5) is 4.05. The molecule has 1 heterocycles. The molecule has 0 aromatic heterocycles. The third-order valence-electron chi connectivity index (χ3n) is 4.74. The Morgan fingerprint density at radius 2 is 1.81 bits per heavy atom. The van der Waals surface area contributed by atoms with Crippen LogP contribution in [0.2, 0.25) is 0 Å². The van der Waals surface area contributed by atoms with Gasteiger partial charge in [0.2, 0.25) is 0 Å². The molecule has 0 amide bonds. The molecule has 0 bridgehead atoms. The quantitative estimate of drug-likeness (QED) is 0.913. The molecule has 1 saturated heterocycles. The molecule has 1 atom stereocenters. The maximum absolute atomic E-state index is 14.3. The molecule has 4 nitrogen and oxygen atoms in total. The highest BCUT2D eigenvalue weighted by Crippen LogP contribution is 2.25. The van der Waals surface area contributed by atoms with Gasteiger partial charge < -0.3 is 10.0 Å². The Hall–Kier alpha value is -2.49. The van der Waals surface area contributed by atoms with Crippen molar-refractivity contribution < 1.29 is 13.9 Å². The van der Waals surface area contributed by atoms with Gasteiger partial charge in [0, 0.05) is 38.3 Å². The molecule has 1 unspecified atom stereocenters. The lowest BCUT2D eigenvalue weighted by molar-refractivity contribution is 0.199. The van der Waals surface area contributed by atoms with E-state index in [4.69, 9.17) is 5.26 Å². The van der Waals surface area contributed by atoms with Crippen molar-refractivity contribution in [3.8, 4) is 6.07 Å². The first-order valence-electron chi connectivity index (χ1n) is 8.61. The number of anilines is 1. The van der Waals surface area contributed by atoms with Crippen molar-refractivity contribution in [2.45, 2.75) is 19.6 Å². The summed E-state index contributed by atoms with van der Waals surface area (Å²) in [5.41, 5.74) is 2.02. The first kappa shape index (κ1) is 18.3. The molecular formula is C20H21F2N3O. The maximum Gasteiger partial charge on any atom is 0.146 e. The molecule has 136 valence electrons. The van der Waals surface area contributed by atoms with Crippen LogP contribution < -0.4 is 4.90 Å². The molecule has 0 saturated carbocycles. The molecule has 1 aliphatic rings. The Labute approximate surface area is 151 Å². The van der Waals surface area contributed by atoms with Crippen LogP contribution in [0.3, 0.4) is 0 Å². The van der Waals surface area contributed by atoms with E-state index in [0.29, 0.717) is 55.1 Å². The molecule has 1 fully saturated rings. The zero-order valence-corrected chi connectivity index (χ0v) is 14.6. The summed E-state index contributed by atoms with van der Waals surface area (Å²) >= 11 is 0. The Bertz CT molecular complexity index is 824. The summed E-state index contributed by atoms with van der Waals surface area (Å²) in [6, 6.07) is 11.2. The van der Waals surface area contributed by atoms with Crippen LogP contribution in [0.5, 0.6) is 0 Å². The SMILES string of the molecule is CC(O)c1ccc(N2CCN(Cc3cc(C#N)ccc3F)CC2)c(F)c1.